The number of unbranched alkanes of at least 4 members (excludes halogenated alkanes) is 1. The maximum absolute atomic E-state index is 16.1. The van der Waals surface area contributed by atoms with Gasteiger partial charge in [-0.25, -0.2) is 8.42 Å². The monoisotopic (exact) mass is 607 g/mol. The van der Waals surface area contributed by atoms with Crippen LogP contribution in [0.25, 0.3) is 0 Å². The molecule has 2 fully saturated rings. The molecule has 8 nitrogen and oxygen atoms in total. The van der Waals surface area contributed by atoms with E-state index in [-0.39, 0.29) is 24.0 Å². The highest BCUT2D eigenvalue weighted by molar-refractivity contribution is 7.89. The van der Waals surface area contributed by atoms with Crippen LogP contribution in [0.5, 0.6) is 11.5 Å². The van der Waals surface area contributed by atoms with Crippen LogP contribution in [0.1, 0.15) is 70.3 Å². The van der Waals surface area contributed by atoms with Gasteiger partial charge in [0.2, 0.25) is 15.9 Å². The van der Waals surface area contributed by atoms with Gasteiger partial charge in [0, 0.05) is 24.7 Å². The molecule has 1 heterocycles. The number of piperidine rings is 1. The smallest absolute Gasteiger partial charge is 0.298 e. The lowest BCUT2D eigenvalue weighted by molar-refractivity contribution is -0.145. The molecule has 2 aliphatic rings. The first-order valence-corrected chi connectivity index (χ1v) is 16.5. The lowest BCUT2D eigenvalue weighted by Gasteiger charge is -2.35. The summed E-state index contributed by atoms with van der Waals surface area (Å²) in [5, 5.41) is 0. The minimum Gasteiger partial charge on any atom is -0.494 e. The van der Waals surface area contributed by atoms with Gasteiger partial charge < -0.3 is 20.1 Å². The van der Waals surface area contributed by atoms with Crippen molar-refractivity contribution in [3.05, 3.63) is 54.1 Å². The van der Waals surface area contributed by atoms with Crippen LogP contribution in [0.3, 0.4) is 0 Å². The number of amides is 1. The summed E-state index contributed by atoms with van der Waals surface area (Å²) in [4.78, 5) is 14.5. The Morgan fingerprint density at radius 2 is 1.57 bits per heavy atom. The van der Waals surface area contributed by atoms with Gasteiger partial charge >= 0.3 is 0 Å². The van der Waals surface area contributed by atoms with Crippen molar-refractivity contribution in [3.63, 3.8) is 0 Å². The van der Waals surface area contributed by atoms with Gasteiger partial charge in [-0.1, -0.05) is 32.6 Å². The first-order chi connectivity index (χ1) is 20.1. The average Bonchev–Trinajstić information content (AvgIpc) is 3.00. The van der Waals surface area contributed by atoms with E-state index in [1.165, 1.54) is 72.7 Å². The van der Waals surface area contributed by atoms with Crippen molar-refractivity contribution in [3.8, 4) is 11.5 Å². The van der Waals surface area contributed by atoms with Crippen LogP contribution >= 0.6 is 0 Å². The number of nitrogens with two attached hydrogens (primary N) is 1. The van der Waals surface area contributed by atoms with Gasteiger partial charge in [0.25, 0.3) is 5.92 Å². The molecule has 232 valence electrons. The molecule has 1 atom stereocenters. The van der Waals surface area contributed by atoms with E-state index in [0.717, 1.165) is 25.7 Å². The van der Waals surface area contributed by atoms with Crippen LogP contribution in [0.4, 0.5) is 8.78 Å². The Balaban J connectivity index is 1.53. The third-order valence-corrected chi connectivity index (χ3v) is 9.52. The molecule has 1 saturated heterocycles. The summed E-state index contributed by atoms with van der Waals surface area (Å²) in [6.07, 6.45) is 8.47. The number of ether oxygens (including phenoxy) is 2. The van der Waals surface area contributed by atoms with Gasteiger partial charge in [-0.05, 0) is 86.6 Å². The molecule has 1 amide bonds. The molecule has 11 heteroatoms. The second kappa shape index (κ2) is 14.6. The summed E-state index contributed by atoms with van der Waals surface area (Å²) in [7, 11) is -4.50. The predicted molar refractivity (Wildman–Crippen MR) is 157 cm³/mol. The zero-order valence-electron chi connectivity index (χ0n) is 24.3. The Bertz CT molecular complexity index is 1240. The molecule has 0 radical (unpaired) electrons. The van der Waals surface area contributed by atoms with Crippen molar-refractivity contribution in [2.45, 2.75) is 87.6 Å². The molecular formula is C31H43F2N3O5S. The van der Waals surface area contributed by atoms with Crippen LogP contribution in [-0.2, 0) is 20.7 Å². The average molecular weight is 608 g/mol. The van der Waals surface area contributed by atoms with Gasteiger partial charge in [0.1, 0.15) is 11.5 Å². The van der Waals surface area contributed by atoms with Crippen molar-refractivity contribution >= 4 is 15.9 Å². The molecule has 1 aliphatic carbocycles. The van der Waals surface area contributed by atoms with Gasteiger partial charge in [-0.3, -0.25) is 4.79 Å². The Hall–Kier alpha value is -2.76. The summed E-state index contributed by atoms with van der Waals surface area (Å²) < 4.78 is 72.4. The van der Waals surface area contributed by atoms with Crippen LogP contribution in [0, 0.1) is 5.92 Å². The third-order valence-electron chi connectivity index (χ3n) is 8.08. The molecule has 3 N–H and O–H groups in total. The third kappa shape index (κ3) is 8.41. The van der Waals surface area contributed by atoms with Crippen LogP contribution in [0.15, 0.2) is 53.4 Å². The van der Waals surface area contributed by atoms with Crippen molar-refractivity contribution in [1.82, 2.24) is 9.62 Å². The summed E-state index contributed by atoms with van der Waals surface area (Å²) in [5.74, 6) is -3.45. The van der Waals surface area contributed by atoms with Crippen LogP contribution < -0.4 is 19.9 Å². The lowest BCUT2D eigenvalue weighted by Crippen LogP contribution is -2.57. The van der Waals surface area contributed by atoms with E-state index >= 15 is 8.78 Å². The Labute approximate surface area is 248 Å². The molecule has 1 aliphatic heterocycles. The van der Waals surface area contributed by atoms with E-state index in [9.17, 15) is 13.2 Å². The highest BCUT2D eigenvalue weighted by atomic mass is 32.2. The minimum absolute atomic E-state index is 0.135. The fourth-order valence-electron chi connectivity index (χ4n) is 5.36. The lowest BCUT2D eigenvalue weighted by atomic mass is 9.90. The Morgan fingerprint density at radius 3 is 2.19 bits per heavy atom. The van der Waals surface area contributed by atoms with Gasteiger partial charge in [0.05, 0.1) is 18.1 Å². The number of benzene rings is 2. The number of likely N-dealkylation sites (tertiary alicyclic amines) is 1. The van der Waals surface area contributed by atoms with E-state index in [0.29, 0.717) is 43.5 Å². The molecule has 0 bridgehead atoms. The Morgan fingerprint density at radius 1 is 0.976 bits per heavy atom. The fraction of sp³-hybridized carbons (Fsp3) is 0.581. The van der Waals surface area contributed by atoms with Crippen LogP contribution in [0.2, 0.25) is 0 Å². The number of alkyl halides is 2. The number of nitrogens with one attached hydrogen (secondary N) is 1. The van der Waals surface area contributed by atoms with E-state index < -0.39 is 33.5 Å². The minimum atomic E-state index is -4.50. The number of sulfonamides is 1. The zero-order chi connectivity index (χ0) is 30.2. The van der Waals surface area contributed by atoms with Crippen molar-refractivity contribution in [2.75, 3.05) is 26.3 Å². The largest absolute Gasteiger partial charge is 0.494 e. The van der Waals surface area contributed by atoms with E-state index in [2.05, 4.69) is 0 Å². The number of rotatable bonds is 13. The number of nitrogens with zero attached hydrogens (tertiary/aromatic N) is 1. The maximum Gasteiger partial charge on any atom is 0.298 e. The molecular weight excluding hydrogens is 564 g/mol. The summed E-state index contributed by atoms with van der Waals surface area (Å²) in [5.41, 5.74) is 5.45. The first-order valence-electron chi connectivity index (χ1n) is 15.0. The molecule has 1 unspecified atom stereocenters. The second-order valence-corrected chi connectivity index (χ2v) is 13.1. The zero-order valence-corrected chi connectivity index (χ0v) is 25.1. The van der Waals surface area contributed by atoms with Crippen molar-refractivity contribution in [1.29, 1.82) is 0 Å². The maximum atomic E-state index is 16.1. The number of hydrogen-bond acceptors (Lipinski definition) is 6. The highest BCUT2D eigenvalue weighted by Crippen LogP contribution is 2.35. The summed E-state index contributed by atoms with van der Waals surface area (Å²) in [6, 6.07) is 8.28. The molecule has 1 saturated carbocycles. The van der Waals surface area contributed by atoms with E-state index in [1.54, 1.807) is 0 Å². The van der Waals surface area contributed by atoms with Gasteiger partial charge in [-0.15, -0.1) is 0 Å². The molecule has 2 aromatic carbocycles. The molecule has 42 heavy (non-hydrogen) atoms. The quantitative estimate of drug-likeness (QED) is 0.303. The number of carbonyl (C=O) groups is 1. The SMILES string of the molecule is CCCCOc1ccc(C(F)(F)C(NS(=O)(=O)c2ccc(OCC3CCCCC3)cc2)C(=O)N2CCC(N)CC2)cc1. The van der Waals surface area contributed by atoms with Gasteiger partial charge in [-0.2, -0.15) is 13.5 Å². The predicted octanol–water partition coefficient (Wildman–Crippen LogP) is 5.21. The van der Waals surface area contributed by atoms with Crippen LogP contribution in [-0.4, -0.2) is 57.6 Å². The Kier molecular flexibility index (Phi) is 11.2. The molecule has 0 aromatic heterocycles. The fourth-order valence-corrected chi connectivity index (χ4v) is 6.55. The normalized spacial score (nSPS) is 18.0. The van der Waals surface area contributed by atoms with E-state index in [1.807, 2.05) is 11.6 Å². The summed E-state index contributed by atoms with van der Waals surface area (Å²) >= 11 is 0. The molecule has 4 rings (SSSR count). The highest BCUT2D eigenvalue weighted by Gasteiger charge is 2.50. The van der Waals surface area contributed by atoms with Crippen molar-refractivity contribution < 1.29 is 31.5 Å². The first kappa shape index (κ1) is 32.2. The van der Waals surface area contributed by atoms with E-state index in [4.69, 9.17) is 15.2 Å². The molecule has 0 spiro atoms. The number of carbonyl (C=O) groups excluding carboxylic acids is 1. The van der Waals surface area contributed by atoms with Gasteiger partial charge in [0.15, 0.2) is 6.04 Å². The topological polar surface area (TPSA) is 111 Å². The number of hydrogen-bond donors (Lipinski definition) is 2. The summed E-state index contributed by atoms with van der Waals surface area (Å²) in [6.45, 7) is 3.36. The van der Waals surface area contributed by atoms with Crippen molar-refractivity contribution in [2.24, 2.45) is 11.7 Å². The molecule has 2 aromatic rings. The standard InChI is InChI=1S/C31H43F2N3O5S/c1-2-3-21-40-26-11-9-24(10-12-26)31(32,33)29(30(37)36-19-17-25(34)18-20-36)35-42(38,39)28-15-13-27(14-16-28)41-22-23-7-5-4-6-8-23/h9-16,23,25,29,35H,2-8,17-22,34H2,1H3. The number of halogens is 2. The second-order valence-electron chi connectivity index (χ2n) is 11.4.